The quantitative estimate of drug-likeness (QED) is 0.666. The van der Waals surface area contributed by atoms with E-state index in [1.165, 1.54) is 6.92 Å². The summed E-state index contributed by atoms with van der Waals surface area (Å²) in [6.45, 7) is 5.73. The zero-order chi connectivity index (χ0) is 11.4. The van der Waals surface area contributed by atoms with E-state index in [0.717, 1.165) is 0 Å². The molecule has 0 amide bonds. The van der Waals surface area contributed by atoms with Gasteiger partial charge < -0.3 is 9.47 Å². The summed E-state index contributed by atoms with van der Waals surface area (Å²) in [6.07, 6.45) is -3.52. The van der Waals surface area contributed by atoms with E-state index in [2.05, 4.69) is 4.74 Å². The van der Waals surface area contributed by atoms with Crippen LogP contribution in [-0.2, 0) is 14.3 Å². The fourth-order valence-electron chi connectivity index (χ4n) is 0.670. The van der Waals surface area contributed by atoms with Crippen molar-refractivity contribution < 1.29 is 23.0 Å². The summed E-state index contributed by atoms with van der Waals surface area (Å²) < 4.78 is 32.9. The molecule has 0 aromatic rings. The smallest absolute Gasteiger partial charge is 0.335 e. The van der Waals surface area contributed by atoms with Gasteiger partial charge in [-0.1, -0.05) is 0 Å². The first-order valence-corrected chi connectivity index (χ1v) is 4.35. The fraction of sp³-hybridized carbons (Fsp3) is 0.889. The van der Waals surface area contributed by atoms with Crippen LogP contribution in [0.2, 0.25) is 0 Å². The summed E-state index contributed by atoms with van der Waals surface area (Å²) in [4.78, 5) is 11.2. The van der Waals surface area contributed by atoms with E-state index in [4.69, 9.17) is 4.74 Å². The molecule has 1 unspecified atom stereocenters. The van der Waals surface area contributed by atoms with Crippen molar-refractivity contribution in [3.8, 4) is 0 Å². The van der Waals surface area contributed by atoms with Gasteiger partial charge in [-0.05, 0) is 27.7 Å². The largest absolute Gasteiger partial charge is 0.458 e. The summed E-state index contributed by atoms with van der Waals surface area (Å²) in [6, 6.07) is 0. The summed E-state index contributed by atoms with van der Waals surface area (Å²) in [5.41, 5.74) is -0.625. The van der Waals surface area contributed by atoms with Gasteiger partial charge in [-0.2, -0.15) is 0 Å². The van der Waals surface area contributed by atoms with Crippen molar-refractivity contribution >= 4 is 5.97 Å². The van der Waals surface area contributed by atoms with Gasteiger partial charge in [0.05, 0.1) is 0 Å². The summed E-state index contributed by atoms with van der Waals surface area (Å²) in [5, 5.41) is 0. The monoisotopic (exact) mass is 210 g/mol. The summed E-state index contributed by atoms with van der Waals surface area (Å²) >= 11 is 0. The Balaban J connectivity index is 3.88. The van der Waals surface area contributed by atoms with E-state index >= 15 is 0 Å². The molecule has 5 heteroatoms. The van der Waals surface area contributed by atoms with Gasteiger partial charge in [0.2, 0.25) is 0 Å². The molecule has 0 aromatic heterocycles. The Hall–Kier alpha value is -0.710. The molecular weight excluding hydrogens is 194 g/mol. The first-order valence-electron chi connectivity index (χ1n) is 4.35. The third-order valence-corrected chi connectivity index (χ3v) is 1.21. The molecule has 0 N–H and O–H groups in total. The van der Waals surface area contributed by atoms with Crippen molar-refractivity contribution in [2.45, 2.75) is 45.8 Å². The molecule has 3 nitrogen and oxygen atoms in total. The van der Waals surface area contributed by atoms with Gasteiger partial charge in [-0.3, -0.25) is 0 Å². The lowest BCUT2D eigenvalue weighted by atomic mass is 10.2. The van der Waals surface area contributed by atoms with Gasteiger partial charge in [-0.15, -0.1) is 0 Å². The van der Waals surface area contributed by atoms with Crippen LogP contribution in [-0.4, -0.2) is 30.7 Å². The maximum Gasteiger partial charge on any atom is 0.335 e. The van der Waals surface area contributed by atoms with Crippen molar-refractivity contribution in [1.82, 2.24) is 0 Å². The highest BCUT2D eigenvalue weighted by Gasteiger charge is 2.22. The third-order valence-electron chi connectivity index (χ3n) is 1.21. The number of carbonyl (C=O) groups excluding carboxylic acids is 1. The van der Waals surface area contributed by atoms with Crippen molar-refractivity contribution in [3.05, 3.63) is 0 Å². The molecule has 0 rings (SSSR count). The molecule has 0 aliphatic carbocycles. The highest BCUT2D eigenvalue weighted by Crippen LogP contribution is 2.10. The Morgan fingerprint density at radius 2 is 1.86 bits per heavy atom. The topological polar surface area (TPSA) is 35.5 Å². The van der Waals surface area contributed by atoms with Crippen LogP contribution in [0.5, 0.6) is 0 Å². The molecule has 0 aliphatic rings. The molecular formula is C9H16F2O3. The minimum Gasteiger partial charge on any atom is -0.458 e. The zero-order valence-electron chi connectivity index (χ0n) is 8.84. The second-order valence-electron chi connectivity index (χ2n) is 3.90. The summed E-state index contributed by atoms with van der Waals surface area (Å²) in [7, 11) is 0. The van der Waals surface area contributed by atoms with Crippen LogP contribution >= 0.6 is 0 Å². The van der Waals surface area contributed by atoms with Gasteiger partial charge in [0.15, 0.2) is 6.10 Å². The molecule has 0 radical (unpaired) electrons. The molecule has 0 aliphatic heterocycles. The Bertz CT molecular complexity index is 187. The molecule has 14 heavy (non-hydrogen) atoms. The number of ether oxygens (including phenoxy) is 2. The number of halogens is 2. The molecule has 0 spiro atoms. The maximum atomic E-state index is 11.7. The van der Waals surface area contributed by atoms with Gasteiger partial charge in [0, 0.05) is 0 Å². The first kappa shape index (κ1) is 13.3. The van der Waals surface area contributed by atoms with Crippen molar-refractivity contribution in [3.63, 3.8) is 0 Å². The molecule has 0 saturated heterocycles. The molecule has 1 atom stereocenters. The normalized spacial score (nSPS) is 14.2. The molecule has 0 aromatic carbocycles. The predicted molar refractivity (Wildman–Crippen MR) is 47.3 cm³/mol. The zero-order valence-corrected chi connectivity index (χ0v) is 8.84. The maximum absolute atomic E-state index is 11.7. The predicted octanol–water partition coefficient (Wildman–Crippen LogP) is 2.00. The van der Waals surface area contributed by atoms with Crippen LogP contribution < -0.4 is 0 Å². The van der Waals surface area contributed by atoms with E-state index in [1.54, 1.807) is 20.8 Å². The lowest BCUT2D eigenvalue weighted by molar-refractivity contribution is -0.169. The SMILES string of the molecule is CC(OCC(F)F)C(=O)OC(C)(C)C. The molecule has 0 fully saturated rings. The van der Waals surface area contributed by atoms with Crippen molar-refractivity contribution in [1.29, 1.82) is 0 Å². The lowest BCUT2D eigenvalue weighted by Gasteiger charge is -2.22. The second-order valence-corrected chi connectivity index (χ2v) is 3.90. The van der Waals surface area contributed by atoms with Gasteiger partial charge in [0.25, 0.3) is 6.43 Å². The molecule has 84 valence electrons. The first-order chi connectivity index (χ1) is 6.22. The highest BCUT2D eigenvalue weighted by atomic mass is 19.3. The number of rotatable bonds is 4. The van der Waals surface area contributed by atoms with Crippen LogP contribution in [0.15, 0.2) is 0 Å². The Labute approximate surface area is 82.4 Å². The summed E-state index contributed by atoms with van der Waals surface area (Å²) in [5.74, 6) is -0.627. The van der Waals surface area contributed by atoms with Crippen LogP contribution in [0.4, 0.5) is 8.78 Å². The number of esters is 1. The average Bonchev–Trinajstić information content (AvgIpc) is 1.96. The molecule has 0 heterocycles. The second kappa shape index (κ2) is 5.24. The Kier molecular flexibility index (Phi) is 4.97. The minimum atomic E-state index is -2.57. The standard InChI is InChI=1S/C9H16F2O3/c1-6(13-5-7(10)11)8(12)14-9(2,3)4/h6-7H,5H2,1-4H3. The van der Waals surface area contributed by atoms with Crippen LogP contribution in [0.1, 0.15) is 27.7 Å². The Morgan fingerprint density at radius 3 is 2.21 bits per heavy atom. The third kappa shape index (κ3) is 6.77. The van der Waals surface area contributed by atoms with Gasteiger partial charge in [-0.25, -0.2) is 13.6 Å². The number of hydrogen-bond acceptors (Lipinski definition) is 3. The number of alkyl halides is 2. The van der Waals surface area contributed by atoms with E-state index in [9.17, 15) is 13.6 Å². The van der Waals surface area contributed by atoms with Crippen molar-refractivity contribution in [2.24, 2.45) is 0 Å². The minimum absolute atomic E-state index is 0.625. The van der Waals surface area contributed by atoms with Gasteiger partial charge >= 0.3 is 5.97 Å². The Morgan fingerprint density at radius 1 is 1.36 bits per heavy atom. The highest BCUT2D eigenvalue weighted by molar-refractivity contribution is 5.74. The lowest BCUT2D eigenvalue weighted by Crippen LogP contribution is -2.32. The van der Waals surface area contributed by atoms with E-state index in [-0.39, 0.29) is 0 Å². The van der Waals surface area contributed by atoms with Crippen LogP contribution in [0.3, 0.4) is 0 Å². The van der Waals surface area contributed by atoms with Crippen LogP contribution in [0, 0.1) is 0 Å². The number of carbonyl (C=O) groups is 1. The van der Waals surface area contributed by atoms with Crippen LogP contribution in [0.25, 0.3) is 0 Å². The molecule has 0 saturated carbocycles. The van der Waals surface area contributed by atoms with Crippen molar-refractivity contribution in [2.75, 3.05) is 6.61 Å². The number of hydrogen-bond donors (Lipinski definition) is 0. The molecule has 0 bridgehead atoms. The van der Waals surface area contributed by atoms with Gasteiger partial charge in [0.1, 0.15) is 12.2 Å². The fourth-order valence-corrected chi connectivity index (χ4v) is 0.670. The van der Waals surface area contributed by atoms with E-state index in [0.29, 0.717) is 0 Å². The average molecular weight is 210 g/mol. The van der Waals surface area contributed by atoms with E-state index < -0.39 is 30.7 Å². The van der Waals surface area contributed by atoms with E-state index in [1.807, 2.05) is 0 Å².